The van der Waals surface area contributed by atoms with Gasteiger partial charge < -0.3 is 33.2 Å². The van der Waals surface area contributed by atoms with Crippen molar-refractivity contribution >= 4 is 34.1 Å². The van der Waals surface area contributed by atoms with Gasteiger partial charge in [0, 0.05) is 24.6 Å². The molecule has 1 aromatic carbocycles. The van der Waals surface area contributed by atoms with Crippen LogP contribution in [0.5, 0.6) is 0 Å². The SMILES string of the molecule is CC[CH-]CI.[CH2-]CC(O)COC1=CC2C(C=C1)C=C(c1ccccc1CC)C(=O)N2CCCO.[U+2]. The molecule has 0 fully saturated rings. The minimum Gasteiger partial charge on any atom is -0.491 e. The van der Waals surface area contributed by atoms with E-state index in [2.05, 4.69) is 55.8 Å². The average Bonchev–Trinajstić information content (AvgIpc) is 2.87. The Morgan fingerprint density at radius 2 is 2.00 bits per heavy atom. The monoisotopic (exact) mass is 817 g/mol. The van der Waals surface area contributed by atoms with Gasteiger partial charge in [-0.25, -0.2) is 0 Å². The molecule has 2 aliphatic rings. The van der Waals surface area contributed by atoms with E-state index >= 15 is 0 Å². The maximum atomic E-state index is 13.4. The molecule has 0 saturated carbocycles. The summed E-state index contributed by atoms with van der Waals surface area (Å²) in [6.45, 7) is 8.59. The van der Waals surface area contributed by atoms with Crippen molar-refractivity contribution in [3.8, 4) is 0 Å². The molecule has 1 aromatic rings. The Morgan fingerprint density at radius 3 is 2.60 bits per heavy atom. The molecule has 35 heavy (non-hydrogen) atoms. The number of hydrogen-bond acceptors (Lipinski definition) is 4. The summed E-state index contributed by atoms with van der Waals surface area (Å²) in [5.74, 6) is 0.659. The number of allylic oxidation sites excluding steroid dienone is 1. The van der Waals surface area contributed by atoms with Crippen molar-refractivity contribution < 1.29 is 50.9 Å². The van der Waals surface area contributed by atoms with E-state index in [4.69, 9.17) is 4.74 Å². The first-order valence-electron chi connectivity index (χ1n) is 12.1. The van der Waals surface area contributed by atoms with Crippen LogP contribution in [0.3, 0.4) is 0 Å². The fourth-order valence-corrected chi connectivity index (χ4v) is 4.55. The van der Waals surface area contributed by atoms with E-state index in [1.165, 1.54) is 10.8 Å². The minimum absolute atomic E-state index is 0. The zero-order valence-corrected chi connectivity index (χ0v) is 27.1. The number of aliphatic hydroxyl groups is 2. The standard InChI is InChI=1S/C24H30NO4.C4H8I.U/c1-3-17-8-5-6-9-21(17)22-14-18-10-11-20(29-16-19(27)4-2)15-23(18)25(24(22)28)12-7-13-26;1-2-3-4-5;/h5-6,8-11,14-15,18-19,23,26-27H,2-4,7,12-13,16H2,1H3;3H,2,4H2,1H3;/q2*-1;+2. The Morgan fingerprint density at radius 1 is 1.26 bits per heavy atom. The third-order valence-electron chi connectivity index (χ3n) is 5.84. The predicted molar refractivity (Wildman–Crippen MR) is 147 cm³/mol. The fraction of sp³-hybridized carbons (Fsp3) is 0.464. The van der Waals surface area contributed by atoms with E-state index in [1.54, 1.807) is 0 Å². The fourth-order valence-electron chi connectivity index (χ4n) is 3.93. The van der Waals surface area contributed by atoms with E-state index in [-0.39, 0.29) is 62.2 Å². The Balaban J connectivity index is 0.000000927. The van der Waals surface area contributed by atoms with E-state index < -0.39 is 6.10 Å². The van der Waals surface area contributed by atoms with E-state index in [9.17, 15) is 15.0 Å². The van der Waals surface area contributed by atoms with Crippen molar-refractivity contribution in [2.24, 2.45) is 5.92 Å². The first-order chi connectivity index (χ1) is 16.5. The number of alkyl halides is 1. The van der Waals surface area contributed by atoms with Crippen LogP contribution < -0.4 is 0 Å². The number of unbranched alkanes of at least 4 members (excludes halogenated alkanes) is 1. The summed E-state index contributed by atoms with van der Waals surface area (Å²) in [4.78, 5) is 15.2. The van der Waals surface area contributed by atoms with Gasteiger partial charge in [-0.3, -0.25) is 4.79 Å². The molecule has 3 unspecified atom stereocenters. The quantitative estimate of drug-likeness (QED) is 0.189. The number of halogens is 1. The van der Waals surface area contributed by atoms with Crippen LogP contribution in [0.15, 0.2) is 54.3 Å². The second-order valence-corrected chi connectivity index (χ2v) is 9.15. The Labute approximate surface area is 248 Å². The normalized spacial score (nSPS) is 19.5. The molecule has 5 nitrogen and oxygen atoms in total. The third-order valence-corrected chi connectivity index (χ3v) is 6.46. The minimum atomic E-state index is -0.613. The molecule has 3 rings (SSSR count). The Hall–Kier alpha value is -0.588. The van der Waals surface area contributed by atoms with Crippen molar-refractivity contribution in [3.63, 3.8) is 0 Å². The van der Waals surface area contributed by atoms with E-state index in [1.807, 2.05) is 47.4 Å². The van der Waals surface area contributed by atoms with Crippen LogP contribution in [0.25, 0.3) is 5.57 Å². The number of amides is 1. The van der Waals surface area contributed by atoms with Gasteiger partial charge in [-0.15, -0.1) is 27.0 Å². The second kappa shape index (κ2) is 17.8. The molecule has 0 radical (unpaired) electrons. The number of hydrogen-bond donors (Lipinski definition) is 2. The van der Waals surface area contributed by atoms with Crippen molar-refractivity contribution in [1.82, 2.24) is 4.90 Å². The Kier molecular flexibility index (Phi) is 16.5. The van der Waals surface area contributed by atoms with Crippen LogP contribution in [0, 0.1) is 50.4 Å². The van der Waals surface area contributed by atoms with Crippen LogP contribution in [0.1, 0.15) is 44.2 Å². The van der Waals surface area contributed by atoms with Crippen LogP contribution >= 0.6 is 22.6 Å². The molecule has 1 amide bonds. The molecule has 1 heterocycles. The molecule has 0 spiro atoms. The van der Waals surface area contributed by atoms with Crippen LogP contribution in [0.4, 0.5) is 0 Å². The van der Waals surface area contributed by atoms with Gasteiger partial charge in [-0.05, 0) is 36.1 Å². The number of fused-ring (bicyclic) bond motifs is 1. The smallest absolute Gasteiger partial charge is 0.491 e. The van der Waals surface area contributed by atoms with Gasteiger partial charge in [-0.2, -0.15) is 12.8 Å². The molecule has 190 valence electrons. The van der Waals surface area contributed by atoms with Crippen molar-refractivity contribution in [2.75, 3.05) is 24.2 Å². The second-order valence-electron chi connectivity index (χ2n) is 8.27. The number of rotatable bonds is 11. The summed E-state index contributed by atoms with van der Waals surface area (Å²) >= 11 is 2.33. The largest absolute Gasteiger partial charge is 2.00 e. The molecule has 0 saturated heterocycles. The van der Waals surface area contributed by atoms with Gasteiger partial charge in [-0.1, -0.05) is 50.3 Å². The molecule has 0 bridgehead atoms. The number of aliphatic hydroxyl groups excluding tert-OH is 2. The summed E-state index contributed by atoms with van der Waals surface area (Å²) in [6, 6.07) is 7.86. The third kappa shape index (κ3) is 9.66. The Bertz CT molecular complexity index is 868. The van der Waals surface area contributed by atoms with E-state index in [0.717, 1.165) is 23.1 Å². The number of aryl methyl sites for hydroxylation is 1. The van der Waals surface area contributed by atoms with Crippen LogP contribution in [0.2, 0.25) is 0 Å². The maximum absolute atomic E-state index is 13.4. The van der Waals surface area contributed by atoms with Gasteiger partial charge in [0.25, 0.3) is 5.91 Å². The summed E-state index contributed by atoms with van der Waals surface area (Å²) in [6.07, 6.45) is 12.5. The van der Waals surface area contributed by atoms with Gasteiger partial charge in [0.15, 0.2) is 0 Å². The summed E-state index contributed by atoms with van der Waals surface area (Å²) in [5, 5.41) is 19.0. The number of ether oxygens (including phenoxy) is 1. The van der Waals surface area contributed by atoms with Gasteiger partial charge in [0.2, 0.25) is 0 Å². The number of nitrogens with zero attached hydrogens (tertiary/aromatic N) is 1. The molecular formula is C28H38INO4U. The molecule has 3 atom stereocenters. The number of carbonyl (C=O) groups is 1. The molecule has 1 aliphatic heterocycles. The van der Waals surface area contributed by atoms with Gasteiger partial charge in [0.05, 0.1) is 12.1 Å². The predicted octanol–water partition coefficient (Wildman–Crippen LogP) is 4.93. The zero-order chi connectivity index (χ0) is 24.9. The molecule has 1 aliphatic carbocycles. The summed E-state index contributed by atoms with van der Waals surface area (Å²) in [5.41, 5.74) is 2.84. The summed E-state index contributed by atoms with van der Waals surface area (Å²) < 4.78 is 6.89. The van der Waals surface area contributed by atoms with Crippen LogP contribution in [-0.2, 0) is 16.0 Å². The molecule has 0 aromatic heterocycles. The average molecular weight is 818 g/mol. The topological polar surface area (TPSA) is 70.0 Å². The van der Waals surface area contributed by atoms with Crippen molar-refractivity contribution in [2.45, 2.75) is 51.7 Å². The first kappa shape index (κ1) is 32.4. The summed E-state index contributed by atoms with van der Waals surface area (Å²) in [7, 11) is 0. The zero-order valence-electron chi connectivity index (χ0n) is 20.8. The first-order valence-corrected chi connectivity index (χ1v) is 13.6. The molecule has 7 heteroatoms. The van der Waals surface area contributed by atoms with E-state index in [0.29, 0.717) is 25.1 Å². The van der Waals surface area contributed by atoms with Crippen molar-refractivity contribution in [1.29, 1.82) is 0 Å². The van der Waals surface area contributed by atoms with Gasteiger partial charge in [0.1, 0.15) is 12.4 Å². The number of benzene rings is 1. The van der Waals surface area contributed by atoms with Gasteiger partial charge >= 0.3 is 31.1 Å². The molecular weight excluding hydrogens is 779 g/mol. The number of carbonyl (C=O) groups excluding carboxylic acids is 1. The maximum Gasteiger partial charge on any atom is 2.00 e. The van der Waals surface area contributed by atoms with Crippen LogP contribution in [-0.4, -0.2) is 57.4 Å². The molecule has 2 N–H and O–H groups in total. The van der Waals surface area contributed by atoms with Crippen molar-refractivity contribution in [3.05, 3.63) is 78.8 Å².